The number of phenolic OH excluding ortho intramolecular Hbond substituents is 1. The zero-order valence-corrected chi connectivity index (χ0v) is 13.1. The van der Waals surface area contributed by atoms with Gasteiger partial charge in [0.2, 0.25) is 5.82 Å². The average molecular weight is 378 g/mol. The number of nitrogens with one attached hydrogen (secondary N) is 1. The van der Waals surface area contributed by atoms with Crippen LogP contribution in [0.2, 0.25) is 0 Å². The Labute approximate surface area is 128 Å². The molecule has 2 aromatic rings. The molecule has 0 bridgehead atoms. The lowest BCUT2D eigenvalue weighted by atomic mass is 10.2. The van der Waals surface area contributed by atoms with Crippen LogP contribution in [0.1, 0.15) is 5.56 Å². The number of hydrogen-bond acceptors (Lipinski definition) is 3. The summed E-state index contributed by atoms with van der Waals surface area (Å²) in [4.78, 5) is -0.0617. The van der Waals surface area contributed by atoms with E-state index in [0.717, 1.165) is 11.6 Å². The summed E-state index contributed by atoms with van der Waals surface area (Å²) in [5.41, 5.74) is 0.411. The fourth-order valence-electron chi connectivity index (χ4n) is 1.58. The molecule has 2 aromatic carbocycles. The van der Waals surface area contributed by atoms with Crippen LogP contribution in [0.25, 0.3) is 0 Å². The summed E-state index contributed by atoms with van der Waals surface area (Å²) < 4.78 is 52.6. The molecule has 2 rings (SSSR count). The second-order valence-corrected chi connectivity index (χ2v) is 6.84. The summed E-state index contributed by atoms with van der Waals surface area (Å²) in [6, 6.07) is 6.86. The second kappa shape index (κ2) is 5.61. The number of aromatic hydroxyl groups is 1. The number of phenols is 1. The van der Waals surface area contributed by atoms with Gasteiger partial charge < -0.3 is 5.11 Å². The van der Waals surface area contributed by atoms with Crippen LogP contribution < -0.4 is 4.72 Å². The maximum absolute atomic E-state index is 13.4. The molecule has 0 aromatic heterocycles. The molecule has 2 N–H and O–H groups in total. The van der Waals surface area contributed by atoms with Crippen LogP contribution in [-0.2, 0) is 10.0 Å². The average Bonchev–Trinajstić information content (AvgIpc) is 2.42. The predicted octanol–water partition coefficient (Wildman–Crippen LogP) is 3.54. The van der Waals surface area contributed by atoms with Crippen molar-refractivity contribution in [3.8, 4) is 5.75 Å². The number of halogens is 3. The first-order chi connectivity index (χ1) is 9.72. The highest BCUT2D eigenvalue weighted by molar-refractivity contribution is 9.10. The summed E-state index contributed by atoms with van der Waals surface area (Å²) in [7, 11) is -4.02. The first-order valence-electron chi connectivity index (χ1n) is 5.68. The van der Waals surface area contributed by atoms with Gasteiger partial charge in [0, 0.05) is 0 Å². The van der Waals surface area contributed by atoms with Crippen molar-refractivity contribution in [2.45, 2.75) is 11.8 Å². The fourth-order valence-corrected chi connectivity index (χ4v) is 3.04. The largest absolute Gasteiger partial charge is 0.503 e. The Morgan fingerprint density at radius 1 is 1.14 bits per heavy atom. The Morgan fingerprint density at radius 2 is 1.71 bits per heavy atom. The van der Waals surface area contributed by atoms with E-state index in [1.807, 2.05) is 4.72 Å². The van der Waals surface area contributed by atoms with Crippen molar-refractivity contribution in [3.05, 3.63) is 52.0 Å². The highest BCUT2D eigenvalue weighted by Crippen LogP contribution is 2.34. The smallest absolute Gasteiger partial charge is 0.262 e. The summed E-state index contributed by atoms with van der Waals surface area (Å²) in [5, 5.41) is 9.49. The van der Waals surface area contributed by atoms with Crippen LogP contribution in [-0.4, -0.2) is 13.5 Å². The SMILES string of the molecule is Cc1ccc(S(=O)(=O)Nc2cc(Br)c(F)c(F)c2O)cc1. The number of hydrogen-bond donors (Lipinski definition) is 2. The molecule has 0 heterocycles. The molecule has 0 amide bonds. The van der Waals surface area contributed by atoms with E-state index >= 15 is 0 Å². The third kappa shape index (κ3) is 3.16. The van der Waals surface area contributed by atoms with Gasteiger partial charge in [0.05, 0.1) is 15.1 Å². The minimum atomic E-state index is -4.02. The number of anilines is 1. The highest BCUT2D eigenvalue weighted by atomic mass is 79.9. The van der Waals surface area contributed by atoms with Crippen LogP contribution in [0.5, 0.6) is 5.75 Å². The quantitative estimate of drug-likeness (QED) is 0.634. The lowest BCUT2D eigenvalue weighted by molar-refractivity contribution is 0.408. The van der Waals surface area contributed by atoms with Crippen LogP contribution in [0.3, 0.4) is 0 Å². The zero-order chi connectivity index (χ0) is 15.8. The van der Waals surface area contributed by atoms with Crippen LogP contribution in [0.4, 0.5) is 14.5 Å². The van der Waals surface area contributed by atoms with Crippen molar-refractivity contribution in [3.63, 3.8) is 0 Å². The Morgan fingerprint density at radius 3 is 2.29 bits per heavy atom. The molecule has 21 heavy (non-hydrogen) atoms. The summed E-state index contributed by atoms with van der Waals surface area (Å²) in [5.74, 6) is -3.94. The Bertz CT molecular complexity index is 792. The van der Waals surface area contributed by atoms with E-state index in [9.17, 15) is 22.3 Å². The molecule has 112 valence electrons. The Balaban J connectivity index is 2.44. The van der Waals surface area contributed by atoms with Gasteiger partial charge >= 0.3 is 0 Å². The maximum atomic E-state index is 13.4. The molecule has 0 aliphatic heterocycles. The fraction of sp³-hybridized carbons (Fsp3) is 0.0769. The van der Waals surface area contributed by atoms with E-state index in [1.54, 1.807) is 19.1 Å². The molecule has 0 saturated heterocycles. The van der Waals surface area contributed by atoms with Crippen molar-refractivity contribution in [2.24, 2.45) is 0 Å². The van der Waals surface area contributed by atoms with E-state index < -0.39 is 33.1 Å². The van der Waals surface area contributed by atoms with Gasteiger partial charge in [-0.05, 0) is 41.1 Å². The van der Waals surface area contributed by atoms with Crippen molar-refractivity contribution >= 4 is 31.6 Å². The van der Waals surface area contributed by atoms with Crippen molar-refractivity contribution in [2.75, 3.05) is 4.72 Å². The zero-order valence-electron chi connectivity index (χ0n) is 10.7. The third-order valence-corrected chi connectivity index (χ3v) is 4.67. The predicted molar refractivity (Wildman–Crippen MR) is 77.7 cm³/mol. The first kappa shape index (κ1) is 15.7. The van der Waals surface area contributed by atoms with E-state index in [0.29, 0.717) is 0 Å². The van der Waals surface area contributed by atoms with Crippen LogP contribution in [0.15, 0.2) is 39.7 Å². The molecular weight excluding hydrogens is 368 g/mol. The molecule has 0 spiro atoms. The van der Waals surface area contributed by atoms with Gasteiger partial charge in [0.15, 0.2) is 11.6 Å². The summed E-state index contributed by atoms with van der Waals surface area (Å²) in [6.45, 7) is 1.79. The molecule has 8 heteroatoms. The molecular formula is C13H10BrF2NO3S. The number of aryl methyl sites for hydroxylation is 1. The van der Waals surface area contributed by atoms with E-state index in [4.69, 9.17) is 0 Å². The van der Waals surface area contributed by atoms with Gasteiger partial charge in [-0.25, -0.2) is 12.8 Å². The second-order valence-electron chi connectivity index (χ2n) is 4.30. The van der Waals surface area contributed by atoms with E-state index in [1.165, 1.54) is 12.1 Å². The van der Waals surface area contributed by atoms with Gasteiger partial charge in [0.25, 0.3) is 10.0 Å². The third-order valence-electron chi connectivity index (χ3n) is 2.71. The van der Waals surface area contributed by atoms with E-state index in [-0.39, 0.29) is 9.37 Å². The molecule has 4 nitrogen and oxygen atoms in total. The molecule has 0 saturated carbocycles. The molecule has 0 fully saturated rings. The standard InChI is InChI=1S/C13H10BrF2NO3S/c1-7-2-4-8(5-3-7)21(19,20)17-10-6-9(14)11(15)12(16)13(10)18/h2-6,17-18H,1H3. The molecule has 0 unspecified atom stereocenters. The number of rotatable bonds is 3. The van der Waals surface area contributed by atoms with E-state index in [2.05, 4.69) is 15.9 Å². The normalized spacial score (nSPS) is 11.4. The van der Waals surface area contributed by atoms with Crippen LogP contribution >= 0.6 is 15.9 Å². The Hall–Kier alpha value is -1.67. The molecule has 0 atom stereocenters. The monoisotopic (exact) mass is 377 g/mol. The van der Waals surface area contributed by atoms with Gasteiger partial charge in [0.1, 0.15) is 0 Å². The Kier molecular flexibility index (Phi) is 4.20. The maximum Gasteiger partial charge on any atom is 0.262 e. The first-order valence-corrected chi connectivity index (χ1v) is 7.96. The minimum absolute atomic E-state index is 0.0617. The summed E-state index contributed by atoms with van der Waals surface area (Å²) in [6.07, 6.45) is 0. The van der Waals surface area contributed by atoms with Crippen molar-refractivity contribution in [1.29, 1.82) is 0 Å². The van der Waals surface area contributed by atoms with Crippen molar-refractivity contribution in [1.82, 2.24) is 0 Å². The molecule has 0 aliphatic rings. The lowest BCUT2D eigenvalue weighted by Gasteiger charge is -2.11. The number of sulfonamides is 1. The van der Waals surface area contributed by atoms with Gasteiger partial charge in [-0.15, -0.1) is 0 Å². The topological polar surface area (TPSA) is 66.4 Å². The number of benzene rings is 2. The minimum Gasteiger partial charge on any atom is -0.503 e. The van der Waals surface area contributed by atoms with Crippen LogP contribution in [0, 0.1) is 18.6 Å². The lowest BCUT2D eigenvalue weighted by Crippen LogP contribution is -2.13. The van der Waals surface area contributed by atoms with Gasteiger partial charge in [-0.1, -0.05) is 17.7 Å². The van der Waals surface area contributed by atoms with Gasteiger partial charge in [-0.2, -0.15) is 4.39 Å². The van der Waals surface area contributed by atoms with Crippen molar-refractivity contribution < 1.29 is 22.3 Å². The highest BCUT2D eigenvalue weighted by Gasteiger charge is 2.21. The molecule has 0 aliphatic carbocycles. The summed E-state index contributed by atoms with van der Waals surface area (Å²) >= 11 is 2.74. The molecule has 0 radical (unpaired) electrons. The van der Waals surface area contributed by atoms with Gasteiger partial charge in [-0.3, -0.25) is 4.72 Å².